The van der Waals surface area contributed by atoms with Crippen LogP contribution in [0.1, 0.15) is 31.9 Å². The van der Waals surface area contributed by atoms with Gasteiger partial charge in [-0.1, -0.05) is 19.1 Å². The van der Waals surface area contributed by atoms with E-state index >= 15 is 0 Å². The van der Waals surface area contributed by atoms with E-state index in [1.807, 2.05) is 0 Å². The Balaban J connectivity index is 1.87. The topological polar surface area (TPSA) is 15.3 Å². The first-order valence-corrected chi connectivity index (χ1v) is 6.58. The third-order valence-electron chi connectivity index (χ3n) is 3.87. The van der Waals surface area contributed by atoms with E-state index in [-0.39, 0.29) is 0 Å². The molecule has 1 saturated carbocycles. The fourth-order valence-corrected chi connectivity index (χ4v) is 2.19. The number of benzene rings is 1. The van der Waals surface area contributed by atoms with E-state index in [4.69, 9.17) is 0 Å². The van der Waals surface area contributed by atoms with E-state index < -0.39 is 0 Å². The predicted octanol–water partition coefficient (Wildman–Crippen LogP) is 3.06. The molecule has 94 valence electrons. The summed E-state index contributed by atoms with van der Waals surface area (Å²) >= 11 is 0. The summed E-state index contributed by atoms with van der Waals surface area (Å²) in [5, 5.41) is 3.63. The summed E-state index contributed by atoms with van der Waals surface area (Å²) in [5.41, 5.74) is 2.64. The third-order valence-corrected chi connectivity index (χ3v) is 3.87. The summed E-state index contributed by atoms with van der Waals surface area (Å²) in [7, 11) is 4.15. The molecule has 1 aliphatic carbocycles. The molecule has 0 amide bonds. The van der Waals surface area contributed by atoms with Crippen LogP contribution in [0.3, 0.4) is 0 Å². The molecule has 3 unspecified atom stereocenters. The van der Waals surface area contributed by atoms with Crippen molar-refractivity contribution in [2.75, 3.05) is 25.5 Å². The quantitative estimate of drug-likeness (QED) is 0.839. The predicted molar refractivity (Wildman–Crippen MR) is 74.5 cm³/mol. The lowest BCUT2D eigenvalue weighted by Gasteiger charge is -2.17. The summed E-state index contributed by atoms with van der Waals surface area (Å²) in [6.45, 7) is 5.75. The van der Waals surface area contributed by atoms with Crippen LogP contribution in [-0.4, -0.2) is 20.6 Å². The van der Waals surface area contributed by atoms with Gasteiger partial charge in [0.25, 0.3) is 0 Å². The maximum Gasteiger partial charge on any atom is 0.0361 e. The van der Waals surface area contributed by atoms with E-state index in [0.29, 0.717) is 6.04 Å². The molecule has 1 aliphatic rings. The van der Waals surface area contributed by atoms with Crippen molar-refractivity contribution in [2.24, 2.45) is 11.8 Å². The molecule has 1 fully saturated rings. The fourth-order valence-electron chi connectivity index (χ4n) is 2.19. The summed E-state index contributed by atoms with van der Waals surface area (Å²) in [6.07, 6.45) is 1.40. The molecule has 17 heavy (non-hydrogen) atoms. The summed E-state index contributed by atoms with van der Waals surface area (Å²) < 4.78 is 0. The first kappa shape index (κ1) is 12.4. The van der Waals surface area contributed by atoms with E-state index in [0.717, 1.165) is 18.4 Å². The number of rotatable bonds is 5. The maximum absolute atomic E-state index is 3.63. The second kappa shape index (κ2) is 5.09. The molecule has 0 spiro atoms. The molecule has 1 aromatic carbocycles. The zero-order valence-corrected chi connectivity index (χ0v) is 11.4. The van der Waals surface area contributed by atoms with Crippen molar-refractivity contribution in [2.45, 2.75) is 26.3 Å². The molecule has 0 bridgehead atoms. The van der Waals surface area contributed by atoms with E-state index in [1.165, 1.54) is 17.7 Å². The van der Waals surface area contributed by atoms with Gasteiger partial charge in [0.15, 0.2) is 0 Å². The van der Waals surface area contributed by atoms with Crippen LogP contribution in [0, 0.1) is 11.8 Å². The van der Waals surface area contributed by atoms with Crippen LogP contribution < -0.4 is 10.2 Å². The highest BCUT2D eigenvalue weighted by molar-refractivity contribution is 5.46. The molecule has 1 N–H and O–H groups in total. The third kappa shape index (κ3) is 3.22. The number of hydrogen-bond donors (Lipinski definition) is 1. The molecule has 0 aliphatic heterocycles. The van der Waals surface area contributed by atoms with E-state index in [1.54, 1.807) is 0 Å². The van der Waals surface area contributed by atoms with Crippen molar-refractivity contribution < 1.29 is 0 Å². The van der Waals surface area contributed by atoms with Crippen LogP contribution >= 0.6 is 0 Å². The highest BCUT2D eigenvalue weighted by Gasteiger charge is 2.32. The largest absolute Gasteiger partial charge is 0.378 e. The normalized spacial score (nSPS) is 24.5. The summed E-state index contributed by atoms with van der Waals surface area (Å²) in [4.78, 5) is 2.13. The minimum Gasteiger partial charge on any atom is -0.378 e. The average Bonchev–Trinajstić information content (AvgIpc) is 3.02. The molecule has 0 aromatic heterocycles. The van der Waals surface area contributed by atoms with Gasteiger partial charge in [-0.15, -0.1) is 0 Å². The molecular formula is C15H24N2. The number of nitrogens with zero attached hydrogens (tertiary/aromatic N) is 1. The monoisotopic (exact) mass is 232 g/mol. The smallest absolute Gasteiger partial charge is 0.0361 e. The number of hydrogen-bond acceptors (Lipinski definition) is 2. The van der Waals surface area contributed by atoms with Crippen molar-refractivity contribution in [3.05, 3.63) is 29.8 Å². The fraction of sp³-hybridized carbons (Fsp3) is 0.600. The Morgan fingerprint density at radius 3 is 2.35 bits per heavy atom. The average molecular weight is 232 g/mol. The molecule has 0 saturated heterocycles. The number of anilines is 1. The van der Waals surface area contributed by atoms with Crippen LogP contribution in [-0.2, 0) is 0 Å². The minimum atomic E-state index is 0.457. The van der Waals surface area contributed by atoms with Crippen molar-refractivity contribution in [1.82, 2.24) is 5.32 Å². The Hall–Kier alpha value is -1.02. The van der Waals surface area contributed by atoms with E-state index in [9.17, 15) is 0 Å². The molecule has 0 radical (unpaired) electrons. The van der Waals surface area contributed by atoms with Crippen LogP contribution in [0.25, 0.3) is 0 Å². The van der Waals surface area contributed by atoms with Gasteiger partial charge < -0.3 is 10.2 Å². The van der Waals surface area contributed by atoms with Gasteiger partial charge in [-0.05, 0) is 49.4 Å². The standard InChI is InChI=1S/C15H24N2/c1-11-9-14(11)10-16-12(2)13-5-7-15(8-6-13)17(3)4/h5-8,11-12,14,16H,9-10H2,1-4H3. The molecule has 2 rings (SSSR count). The van der Waals surface area contributed by atoms with E-state index in [2.05, 4.69) is 62.4 Å². The van der Waals surface area contributed by atoms with Crippen molar-refractivity contribution in [1.29, 1.82) is 0 Å². The maximum atomic E-state index is 3.63. The van der Waals surface area contributed by atoms with Gasteiger partial charge in [-0.25, -0.2) is 0 Å². The molecule has 3 atom stereocenters. The van der Waals surface area contributed by atoms with Gasteiger partial charge in [0, 0.05) is 25.8 Å². The molecular weight excluding hydrogens is 208 g/mol. The van der Waals surface area contributed by atoms with Gasteiger partial charge in [0.1, 0.15) is 0 Å². The SMILES string of the molecule is CC(NCC1CC1C)c1ccc(N(C)C)cc1. The minimum absolute atomic E-state index is 0.457. The van der Waals surface area contributed by atoms with Gasteiger partial charge in [0.05, 0.1) is 0 Å². The van der Waals surface area contributed by atoms with Crippen molar-refractivity contribution in [3.63, 3.8) is 0 Å². The Morgan fingerprint density at radius 1 is 1.29 bits per heavy atom. The lowest BCUT2D eigenvalue weighted by atomic mass is 10.1. The van der Waals surface area contributed by atoms with Crippen LogP contribution in [0.4, 0.5) is 5.69 Å². The Morgan fingerprint density at radius 2 is 1.88 bits per heavy atom. The lowest BCUT2D eigenvalue weighted by molar-refractivity contribution is 0.535. The molecule has 2 nitrogen and oxygen atoms in total. The number of nitrogens with one attached hydrogen (secondary N) is 1. The second-order valence-corrected chi connectivity index (χ2v) is 5.59. The first-order valence-electron chi connectivity index (χ1n) is 6.58. The summed E-state index contributed by atoms with van der Waals surface area (Å²) in [5.74, 6) is 1.85. The molecule has 2 heteroatoms. The van der Waals surface area contributed by atoms with Crippen LogP contribution in [0.2, 0.25) is 0 Å². The van der Waals surface area contributed by atoms with Gasteiger partial charge in [0.2, 0.25) is 0 Å². The zero-order valence-electron chi connectivity index (χ0n) is 11.4. The van der Waals surface area contributed by atoms with Gasteiger partial charge in [-0.3, -0.25) is 0 Å². The Labute approximate surface area is 105 Å². The van der Waals surface area contributed by atoms with Gasteiger partial charge >= 0.3 is 0 Å². The Bertz CT molecular complexity index is 356. The van der Waals surface area contributed by atoms with Crippen LogP contribution in [0.15, 0.2) is 24.3 Å². The highest BCUT2D eigenvalue weighted by Crippen LogP contribution is 2.37. The Kier molecular flexibility index (Phi) is 3.72. The van der Waals surface area contributed by atoms with Gasteiger partial charge in [-0.2, -0.15) is 0 Å². The molecule has 0 heterocycles. The van der Waals surface area contributed by atoms with Crippen molar-refractivity contribution >= 4 is 5.69 Å². The summed E-state index contributed by atoms with van der Waals surface area (Å²) in [6, 6.07) is 9.28. The lowest BCUT2D eigenvalue weighted by Crippen LogP contribution is -2.21. The second-order valence-electron chi connectivity index (χ2n) is 5.59. The molecule has 1 aromatic rings. The van der Waals surface area contributed by atoms with Crippen LogP contribution in [0.5, 0.6) is 0 Å². The zero-order chi connectivity index (χ0) is 12.4. The highest BCUT2D eigenvalue weighted by atomic mass is 15.1. The first-order chi connectivity index (χ1) is 8.08. The van der Waals surface area contributed by atoms with Crippen molar-refractivity contribution in [3.8, 4) is 0 Å².